The summed E-state index contributed by atoms with van der Waals surface area (Å²) in [5, 5.41) is 2.98. The molecule has 2 amide bonds. The Bertz CT molecular complexity index is 796. The Morgan fingerprint density at radius 3 is 2.44 bits per heavy atom. The Morgan fingerprint density at radius 1 is 1.12 bits per heavy atom. The first-order chi connectivity index (χ1) is 12.0. The fraction of sp³-hybridized carbons (Fsp3) is 0.333. The fourth-order valence-corrected chi connectivity index (χ4v) is 3.13. The maximum atomic E-state index is 12.2. The number of amides is 2. The molecule has 25 heavy (non-hydrogen) atoms. The number of fused-ring (bicyclic) bond motifs is 1. The zero-order valence-corrected chi connectivity index (χ0v) is 15.0. The van der Waals surface area contributed by atoms with Crippen molar-refractivity contribution in [2.75, 3.05) is 11.4 Å². The van der Waals surface area contributed by atoms with Gasteiger partial charge in [0.2, 0.25) is 5.91 Å². The first kappa shape index (κ1) is 17.2. The molecule has 4 nitrogen and oxygen atoms in total. The van der Waals surface area contributed by atoms with Crippen molar-refractivity contribution in [1.82, 2.24) is 5.32 Å². The van der Waals surface area contributed by atoms with E-state index in [2.05, 4.69) is 18.3 Å². The summed E-state index contributed by atoms with van der Waals surface area (Å²) in [6.45, 7) is 6.41. The summed E-state index contributed by atoms with van der Waals surface area (Å²) >= 11 is 0. The van der Waals surface area contributed by atoms with E-state index >= 15 is 0 Å². The molecular formula is C21H24N2O2. The van der Waals surface area contributed by atoms with Crippen molar-refractivity contribution in [2.24, 2.45) is 0 Å². The third-order valence-electron chi connectivity index (χ3n) is 4.83. The van der Waals surface area contributed by atoms with Crippen molar-refractivity contribution in [3.05, 3.63) is 53.6 Å². The molecule has 1 atom stereocenters. The highest BCUT2D eigenvalue weighted by atomic mass is 16.2. The number of anilines is 1. The molecule has 0 bridgehead atoms. The van der Waals surface area contributed by atoms with Crippen molar-refractivity contribution in [3.8, 4) is 11.1 Å². The number of hydrogen-bond acceptors (Lipinski definition) is 2. The van der Waals surface area contributed by atoms with Crippen molar-refractivity contribution in [1.29, 1.82) is 0 Å². The van der Waals surface area contributed by atoms with Gasteiger partial charge in [-0.05, 0) is 60.7 Å². The monoisotopic (exact) mass is 336 g/mol. The average molecular weight is 336 g/mol. The van der Waals surface area contributed by atoms with Gasteiger partial charge in [-0.1, -0.05) is 25.1 Å². The largest absolute Gasteiger partial charge is 0.350 e. The van der Waals surface area contributed by atoms with Crippen LogP contribution in [-0.2, 0) is 11.2 Å². The van der Waals surface area contributed by atoms with Gasteiger partial charge in [-0.3, -0.25) is 9.59 Å². The fourth-order valence-electron chi connectivity index (χ4n) is 3.13. The number of carbonyl (C=O) groups excluding carboxylic acids is 2. The highest BCUT2D eigenvalue weighted by molar-refractivity contribution is 5.95. The maximum Gasteiger partial charge on any atom is 0.251 e. The first-order valence-corrected chi connectivity index (χ1v) is 8.82. The topological polar surface area (TPSA) is 49.4 Å². The lowest BCUT2D eigenvalue weighted by Crippen LogP contribution is -2.31. The Balaban J connectivity index is 1.79. The second-order valence-corrected chi connectivity index (χ2v) is 6.62. The van der Waals surface area contributed by atoms with Gasteiger partial charge in [0, 0.05) is 30.8 Å². The molecule has 1 N–H and O–H groups in total. The molecule has 0 spiro atoms. The lowest BCUT2D eigenvalue weighted by molar-refractivity contribution is -0.116. The van der Waals surface area contributed by atoms with E-state index in [9.17, 15) is 9.59 Å². The zero-order chi connectivity index (χ0) is 18.0. The van der Waals surface area contributed by atoms with E-state index < -0.39 is 0 Å². The molecule has 1 aliphatic rings. The minimum atomic E-state index is -0.0352. The van der Waals surface area contributed by atoms with Crippen molar-refractivity contribution in [2.45, 2.75) is 39.7 Å². The molecule has 0 saturated carbocycles. The normalized spacial score (nSPS) is 14.1. The molecule has 3 rings (SSSR count). The molecule has 1 unspecified atom stereocenters. The van der Waals surface area contributed by atoms with E-state index in [1.165, 1.54) is 5.56 Å². The molecule has 0 radical (unpaired) electrons. The van der Waals surface area contributed by atoms with Gasteiger partial charge in [-0.15, -0.1) is 0 Å². The van der Waals surface area contributed by atoms with Crippen LogP contribution in [0.1, 0.15) is 43.1 Å². The summed E-state index contributed by atoms with van der Waals surface area (Å²) in [7, 11) is 0. The van der Waals surface area contributed by atoms with E-state index in [-0.39, 0.29) is 17.9 Å². The number of nitrogens with one attached hydrogen (secondary N) is 1. The molecule has 4 heteroatoms. The predicted octanol–water partition coefficient (Wildman–Crippen LogP) is 3.79. The molecule has 0 aromatic heterocycles. The molecule has 1 aliphatic heterocycles. The molecule has 0 aliphatic carbocycles. The van der Waals surface area contributed by atoms with Gasteiger partial charge in [-0.2, -0.15) is 0 Å². The summed E-state index contributed by atoms with van der Waals surface area (Å²) in [5.41, 5.74) is 5.07. The summed E-state index contributed by atoms with van der Waals surface area (Å²) in [4.78, 5) is 25.6. The Morgan fingerprint density at radius 2 is 1.80 bits per heavy atom. The lowest BCUT2D eigenvalue weighted by Gasteiger charge is -2.15. The second-order valence-electron chi connectivity index (χ2n) is 6.62. The van der Waals surface area contributed by atoms with Gasteiger partial charge in [0.25, 0.3) is 5.91 Å². The van der Waals surface area contributed by atoms with Crippen LogP contribution in [0.5, 0.6) is 0 Å². The zero-order valence-electron chi connectivity index (χ0n) is 15.0. The Kier molecular flexibility index (Phi) is 4.88. The van der Waals surface area contributed by atoms with E-state index in [4.69, 9.17) is 0 Å². The smallest absolute Gasteiger partial charge is 0.251 e. The second kappa shape index (κ2) is 7.09. The maximum absolute atomic E-state index is 12.2. The minimum absolute atomic E-state index is 0.0352. The van der Waals surface area contributed by atoms with Crippen LogP contribution >= 0.6 is 0 Å². The van der Waals surface area contributed by atoms with Crippen molar-refractivity contribution < 1.29 is 9.59 Å². The van der Waals surface area contributed by atoms with Crippen LogP contribution in [-0.4, -0.2) is 24.4 Å². The number of hydrogen-bond donors (Lipinski definition) is 1. The van der Waals surface area contributed by atoms with Gasteiger partial charge in [0.05, 0.1) is 0 Å². The van der Waals surface area contributed by atoms with Crippen LogP contribution in [0.25, 0.3) is 11.1 Å². The summed E-state index contributed by atoms with van der Waals surface area (Å²) in [6.07, 6.45) is 1.80. The number of nitrogens with zero attached hydrogens (tertiary/aromatic N) is 1. The van der Waals surface area contributed by atoms with E-state index in [1.54, 1.807) is 6.92 Å². The molecular weight excluding hydrogens is 312 g/mol. The lowest BCUT2D eigenvalue weighted by atomic mass is 10.0. The van der Waals surface area contributed by atoms with E-state index in [1.807, 2.05) is 48.2 Å². The quantitative estimate of drug-likeness (QED) is 0.923. The SMILES string of the molecule is CCC(C)NC(=O)c1ccc(-c2ccc3c(c2)CCN3C(C)=O)cc1. The van der Waals surface area contributed by atoms with Crippen LogP contribution < -0.4 is 10.2 Å². The molecule has 130 valence electrons. The van der Waals surface area contributed by atoms with Crippen LogP contribution in [0.4, 0.5) is 5.69 Å². The van der Waals surface area contributed by atoms with E-state index in [0.717, 1.165) is 36.2 Å². The molecule has 0 fully saturated rings. The highest BCUT2D eigenvalue weighted by Gasteiger charge is 2.22. The molecule has 0 saturated heterocycles. The number of carbonyl (C=O) groups is 2. The van der Waals surface area contributed by atoms with E-state index in [0.29, 0.717) is 5.56 Å². The van der Waals surface area contributed by atoms with Crippen LogP contribution in [0.2, 0.25) is 0 Å². The van der Waals surface area contributed by atoms with Crippen molar-refractivity contribution in [3.63, 3.8) is 0 Å². The number of benzene rings is 2. The number of rotatable bonds is 4. The van der Waals surface area contributed by atoms with Gasteiger partial charge < -0.3 is 10.2 Å². The summed E-state index contributed by atoms with van der Waals surface area (Å²) in [6, 6.07) is 14.1. The minimum Gasteiger partial charge on any atom is -0.350 e. The Hall–Kier alpha value is -2.62. The van der Waals surface area contributed by atoms with Crippen LogP contribution in [0.15, 0.2) is 42.5 Å². The van der Waals surface area contributed by atoms with Gasteiger partial charge in [-0.25, -0.2) is 0 Å². The van der Waals surface area contributed by atoms with Crippen molar-refractivity contribution >= 4 is 17.5 Å². The third kappa shape index (κ3) is 3.58. The molecule has 2 aromatic rings. The predicted molar refractivity (Wildman–Crippen MR) is 101 cm³/mol. The average Bonchev–Trinajstić information content (AvgIpc) is 3.05. The molecule has 1 heterocycles. The summed E-state index contributed by atoms with van der Waals surface area (Å²) in [5.74, 6) is 0.0510. The molecule has 2 aromatic carbocycles. The first-order valence-electron chi connectivity index (χ1n) is 8.82. The highest BCUT2D eigenvalue weighted by Crippen LogP contribution is 2.32. The van der Waals surface area contributed by atoms with Crippen LogP contribution in [0.3, 0.4) is 0 Å². The van der Waals surface area contributed by atoms with Gasteiger partial charge >= 0.3 is 0 Å². The van der Waals surface area contributed by atoms with Gasteiger partial charge in [0.15, 0.2) is 0 Å². The van der Waals surface area contributed by atoms with Crippen LogP contribution in [0, 0.1) is 0 Å². The standard InChI is InChI=1S/C21H24N2O2/c1-4-14(2)22-21(25)17-7-5-16(6-8-17)18-9-10-20-19(13-18)11-12-23(20)15(3)24/h5-10,13-14H,4,11-12H2,1-3H3,(H,22,25). The van der Waals surface area contributed by atoms with Gasteiger partial charge in [0.1, 0.15) is 0 Å². The summed E-state index contributed by atoms with van der Waals surface area (Å²) < 4.78 is 0. The Labute approximate surface area is 148 Å². The third-order valence-corrected chi connectivity index (χ3v) is 4.83.